The Bertz CT molecular complexity index is 631. The third kappa shape index (κ3) is 2.57. The van der Waals surface area contributed by atoms with E-state index in [2.05, 4.69) is 35.7 Å². The van der Waals surface area contributed by atoms with Gasteiger partial charge in [0.25, 0.3) is 0 Å². The molecule has 0 bridgehead atoms. The van der Waals surface area contributed by atoms with Gasteiger partial charge in [-0.25, -0.2) is 0 Å². The number of nitrogens with zero attached hydrogens (tertiary/aromatic N) is 1. The number of hydrogen-bond acceptors (Lipinski definition) is 2. The van der Waals surface area contributed by atoms with E-state index in [1.165, 1.54) is 5.56 Å². The fraction of sp³-hybridized carbons (Fsp3) is 0.188. The van der Waals surface area contributed by atoms with Crippen LogP contribution in [0.2, 0.25) is 5.02 Å². The quantitative estimate of drug-likeness (QED) is 0.906. The number of halogens is 1. The highest BCUT2D eigenvalue weighted by atomic mass is 35.5. The summed E-state index contributed by atoms with van der Waals surface area (Å²) in [6, 6.07) is 18.3. The molecule has 94 valence electrons. The Morgan fingerprint density at radius 3 is 2.68 bits per heavy atom. The van der Waals surface area contributed by atoms with Crippen LogP contribution in [-0.4, -0.2) is 6.04 Å². The Balaban J connectivity index is 1.75. The number of anilines is 1. The molecule has 0 radical (unpaired) electrons. The van der Waals surface area contributed by atoms with Crippen LogP contribution in [0.5, 0.6) is 0 Å². The zero-order valence-electron chi connectivity index (χ0n) is 10.3. The van der Waals surface area contributed by atoms with E-state index < -0.39 is 0 Å². The van der Waals surface area contributed by atoms with E-state index in [1.54, 1.807) is 12.1 Å². The van der Waals surface area contributed by atoms with Crippen molar-refractivity contribution in [3.8, 4) is 6.07 Å². The monoisotopic (exact) mass is 268 g/mol. The minimum atomic E-state index is 0.396. The summed E-state index contributed by atoms with van der Waals surface area (Å²) in [6.07, 6.45) is 1.10. The van der Waals surface area contributed by atoms with Gasteiger partial charge in [0.05, 0.1) is 11.3 Å². The zero-order chi connectivity index (χ0) is 13.2. The molecule has 2 aromatic carbocycles. The Hall–Kier alpha value is -1.98. The van der Waals surface area contributed by atoms with E-state index >= 15 is 0 Å². The largest absolute Gasteiger partial charge is 0.381 e. The predicted octanol–water partition coefficient (Wildman–Crippen LogP) is 4.18. The van der Waals surface area contributed by atoms with E-state index in [0.717, 1.165) is 12.1 Å². The van der Waals surface area contributed by atoms with Crippen LogP contribution in [0.1, 0.15) is 23.5 Å². The van der Waals surface area contributed by atoms with Crippen LogP contribution < -0.4 is 5.32 Å². The number of rotatable bonds is 3. The van der Waals surface area contributed by atoms with Gasteiger partial charge in [-0.2, -0.15) is 5.26 Å². The lowest BCUT2D eigenvalue weighted by Gasteiger charge is -2.08. The maximum atomic E-state index is 9.09. The molecule has 1 aliphatic carbocycles. The van der Waals surface area contributed by atoms with Gasteiger partial charge >= 0.3 is 0 Å². The van der Waals surface area contributed by atoms with Crippen molar-refractivity contribution in [2.45, 2.75) is 18.4 Å². The molecule has 19 heavy (non-hydrogen) atoms. The molecule has 0 amide bonds. The molecule has 2 atom stereocenters. The second-order valence-corrected chi connectivity index (χ2v) is 5.24. The summed E-state index contributed by atoms with van der Waals surface area (Å²) in [5.74, 6) is 0.534. The molecule has 0 saturated heterocycles. The summed E-state index contributed by atoms with van der Waals surface area (Å²) in [5.41, 5.74) is 2.82. The summed E-state index contributed by atoms with van der Waals surface area (Å²) in [4.78, 5) is 0. The normalized spacial score (nSPS) is 20.6. The van der Waals surface area contributed by atoms with Crippen LogP contribution in [0.25, 0.3) is 0 Å². The Morgan fingerprint density at radius 2 is 1.95 bits per heavy atom. The van der Waals surface area contributed by atoms with Gasteiger partial charge in [0.2, 0.25) is 0 Å². The molecule has 1 N–H and O–H groups in total. The first-order valence-corrected chi connectivity index (χ1v) is 6.67. The summed E-state index contributed by atoms with van der Waals surface area (Å²) in [7, 11) is 0. The lowest BCUT2D eigenvalue weighted by atomic mass is 10.1. The van der Waals surface area contributed by atoms with Crippen LogP contribution in [0.3, 0.4) is 0 Å². The Labute approximate surface area is 117 Å². The fourth-order valence-corrected chi connectivity index (χ4v) is 2.53. The first kappa shape index (κ1) is 12.1. The molecule has 0 aliphatic heterocycles. The SMILES string of the molecule is N#Cc1ccc(Cl)cc1NC1CC1c1ccccc1. The molecule has 1 aliphatic rings. The first-order valence-electron chi connectivity index (χ1n) is 6.29. The van der Waals surface area contributed by atoms with Crippen LogP contribution in [0.4, 0.5) is 5.69 Å². The van der Waals surface area contributed by atoms with Gasteiger partial charge < -0.3 is 5.32 Å². The predicted molar refractivity (Wildman–Crippen MR) is 77.4 cm³/mol. The van der Waals surface area contributed by atoms with E-state index in [4.69, 9.17) is 16.9 Å². The van der Waals surface area contributed by atoms with Crippen molar-refractivity contribution in [1.82, 2.24) is 0 Å². The molecule has 1 fully saturated rings. The molecule has 0 aromatic heterocycles. The molecule has 3 rings (SSSR count). The third-order valence-corrected chi connectivity index (χ3v) is 3.70. The van der Waals surface area contributed by atoms with E-state index in [9.17, 15) is 0 Å². The van der Waals surface area contributed by atoms with Gasteiger partial charge in [-0.1, -0.05) is 41.9 Å². The summed E-state index contributed by atoms with van der Waals surface area (Å²) in [5, 5.41) is 13.2. The Kier molecular flexibility index (Phi) is 3.15. The van der Waals surface area contributed by atoms with Crippen LogP contribution >= 0.6 is 11.6 Å². The van der Waals surface area contributed by atoms with Crippen molar-refractivity contribution in [3.63, 3.8) is 0 Å². The van der Waals surface area contributed by atoms with Gasteiger partial charge in [-0.05, 0) is 30.2 Å². The summed E-state index contributed by atoms with van der Waals surface area (Å²) >= 11 is 5.98. The lowest BCUT2D eigenvalue weighted by molar-refractivity contribution is 1.04. The fourth-order valence-electron chi connectivity index (χ4n) is 2.36. The van der Waals surface area contributed by atoms with Crippen LogP contribution in [0, 0.1) is 11.3 Å². The average molecular weight is 269 g/mol. The van der Waals surface area contributed by atoms with E-state index in [1.807, 2.05) is 12.1 Å². The van der Waals surface area contributed by atoms with Gasteiger partial charge in [-0.15, -0.1) is 0 Å². The van der Waals surface area contributed by atoms with Crippen LogP contribution in [-0.2, 0) is 0 Å². The van der Waals surface area contributed by atoms with Crippen molar-refractivity contribution < 1.29 is 0 Å². The minimum absolute atomic E-state index is 0.396. The smallest absolute Gasteiger partial charge is 0.101 e. The third-order valence-electron chi connectivity index (χ3n) is 3.46. The number of nitrogens with one attached hydrogen (secondary N) is 1. The number of nitriles is 1. The van der Waals surface area contributed by atoms with Gasteiger partial charge in [0, 0.05) is 17.0 Å². The molecule has 2 nitrogen and oxygen atoms in total. The van der Waals surface area contributed by atoms with Crippen molar-refractivity contribution >= 4 is 17.3 Å². The lowest BCUT2D eigenvalue weighted by Crippen LogP contribution is -2.05. The number of benzene rings is 2. The van der Waals surface area contributed by atoms with E-state index in [0.29, 0.717) is 22.5 Å². The molecule has 3 heteroatoms. The molecular formula is C16H13ClN2. The molecular weight excluding hydrogens is 256 g/mol. The molecule has 1 saturated carbocycles. The second-order valence-electron chi connectivity index (χ2n) is 4.81. The standard InChI is InChI=1S/C16H13ClN2/c17-13-7-6-12(10-18)15(8-13)19-16-9-14(16)11-4-2-1-3-5-11/h1-8,14,16,19H,9H2. The average Bonchev–Trinajstić information content (AvgIpc) is 3.19. The van der Waals surface area contributed by atoms with Gasteiger partial charge in [-0.3, -0.25) is 0 Å². The zero-order valence-corrected chi connectivity index (χ0v) is 11.1. The van der Waals surface area contributed by atoms with Gasteiger partial charge in [0.1, 0.15) is 6.07 Å². The second kappa shape index (κ2) is 4.95. The number of hydrogen-bond donors (Lipinski definition) is 1. The molecule has 0 heterocycles. The maximum absolute atomic E-state index is 9.09. The molecule has 2 unspecified atom stereocenters. The van der Waals surface area contributed by atoms with Crippen LogP contribution in [0.15, 0.2) is 48.5 Å². The maximum Gasteiger partial charge on any atom is 0.101 e. The van der Waals surface area contributed by atoms with Crippen molar-refractivity contribution in [2.75, 3.05) is 5.32 Å². The summed E-state index contributed by atoms with van der Waals surface area (Å²) in [6.45, 7) is 0. The van der Waals surface area contributed by atoms with Crippen molar-refractivity contribution in [2.24, 2.45) is 0 Å². The highest BCUT2D eigenvalue weighted by molar-refractivity contribution is 6.30. The van der Waals surface area contributed by atoms with E-state index in [-0.39, 0.29) is 0 Å². The van der Waals surface area contributed by atoms with Gasteiger partial charge in [0.15, 0.2) is 0 Å². The van der Waals surface area contributed by atoms with Crippen molar-refractivity contribution in [1.29, 1.82) is 5.26 Å². The minimum Gasteiger partial charge on any atom is -0.381 e. The highest BCUT2D eigenvalue weighted by Gasteiger charge is 2.38. The highest BCUT2D eigenvalue weighted by Crippen LogP contribution is 2.43. The Morgan fingerprint density at radius 1 is 1.16 bits per heavy atom. The summed E-state index contributed by atoms with van der Waals surface area (Å²) < 4.78 is 0. The molecule has 2 aromatic rings. The first-order chi connectivity index (χ1) is 9.28. The topological polar surface area (TPSA) is 35.8 Å². The van der Waals surface area contributed by atoms with Crippen molar-refractivity contribution in [3.05, 3.63) is 64.7 Å². The molecule has 0 spiro atoms.